The highest BCUT2D eigenvalue weighted by molar-refractivity contribution is 6.31. The number of aliphatic carboxylic acids is 1. The van der Waals surface area contributed by atoms with E-state index in [1.165, 1.54) is 6.07 Å². The third kappa shape index (κ3) is 2.73. The molecular weight excluding hydrogens is 369 g/mol. The molecule has 0 bridgehead atoms. The molecule has 0 saturated heterocycles. The maximum atomic E-state index is 14.6. The van der Waals surface area contributed by atoms with Crippen molar-refractivity contribution in [2.24, 2.45) is 4.99 Å². The molecule has 136 valence electrons. The van der Waals surface area contributed by atoms with E-state index in [1.54, 1.807) is 54.8 Å². The summed E-state index contributed by atoms with van der Waals surface area (Å²) in [5.74, 6) is -0.987. The van der Waals surface area contributed by atoms with Gasteiger partial charge in [-0.2, -0.15) is 0 Å². The van der Waals surface area contributed by atoms with Crippen molar-refractivity contribution in [1.82, 2.24) is 9.55 Å². The van der Waals surface area contributed by atoms with Gasteiger partial charge in [0.2, 0.25) is 0 Å². The summed E-state index contributed by atoms with van der Waals surface area (Å²) < 4.78 is 16.3. The number of benzene rings is 2. The van der Waals surface area contributed by atoms with E-state index in [1.807, 2.05) is 0 Å². The van der Waals surface area contributed by atoms with Crippen LogP contribution >= 0.6 is 11.6 Å². The molecule has 1 N–H and O–H groups in total. The number of carboxylic acids is 1. The number of aliphatic imine (C=N–C) groups is 1. The fraction of sp³-hybridized carbons (Fsp3) is 0.150. The molecule has 1 atom stereocenters. The lowest BCUT2D eigenvalue weighted by Crippen LogP contribution is -2.15. The minimum Gasteiger partial charge on any atom is -0.479 e. The normalized spacial score (nSPS) is 15.6. The van der Waals surface area contributed by atoms with Crippen molar-refractivity contribution in [2.45, 2.75) is 19.9 Å². The Bertz CT molecular complexity index is 1120. The predicted molar refractivity (Wildman–Crippen MR) is 100 cm³/mol. The number of imidazole rings is 1. The van der Waals surface area contributed by atoms with Gasteiger partial charge in [-0.3, -0.25) is 9.56 Å². The maximum absolute atomic E-state index is 14.6. The minimum absolute atomic E-state index is 0.223. The molecule has 2 aromatic carbocycles. The van der Waals surface area contributed by atoms with Crippen LogP contribution in [0.2, 0.25) is 5.02 Å². The second-order valence-corrected chi connectivity index (χ2v) is 6.76. The summed E-state index contributed by atoms with van der Waals surface area (Å²) in [5.41, 5.74) is 2.72. The smallest absolute Gasteiger partial charge is 0.334 e. The van der Waals surface area contributed by atoms with Crippen molar-refractivity contribution in [1.29, 1.82) is 0 Å². The molecule has 1 aromatic heterocycles. The summed E-state index contributed by atoms with van der Waals surface area (Å²) >= 11 is 6.20. The fourth-order valence-electron chi connectivity index (χ4n) is 3.50. The lowest BCUT2D eigenvalue weighted by Gasteiger charge is -2.14. The molecule has 5 nitrogen and oxygen atoms in total. The fourth-order valence-corrected chi connectivity index (χ4v) is 3.68. The Labute approximate surface area is 159 Å². The highest BCUT2D eigenvalue weighted by atomic mass is 35.5. The first-order chi connectivity index (χ1) is 12.9. The third-order valence-electron chi connectivity index (χ3n) is 4.60. The van der Waals surface area contributed by atoms with Crippen LogP contribution in [0, 0.1) is 19.7 Å². The molecule has 0 spiro atoms. The third-order valence-corrected chi connectivity index (χ3v) is 4.83. The van der Waals surface area contributed by atoms with Crippen LogP contribution in [0.5, 0.6) is 0 Å². The van der Waals surface area contributed by atoms with Gasteiger partial charge in [-0.25, -0.2) is 14.2 Å². The van der Waals surface area contributed by atoms with Crippen LogP contribution in [0.4, 0.5) is 4.39 Å². The lowest BCUT2D eigenvalue weighted by atomic mass is 10.00. The number of halogens is 2. The van der Waals surface area contributed by atoms with Crippen LogP contribution in [-0.2, 0) is 4.79 Å². The highest BCUT2D eigenvalue weighted by Crippen LogP contribution is 2.35. The van der Waals surface area contributed by atoms with Crippen LogP contribution in [-0.4, -0.2) is 26.3 Å². The van der Waals surface area contributed by atoms with E-state index in [0.29, 0.717) is 33.5 Å². The number of aromatic nitrogens is 2. The molecule has 0 fully saturated rings. The summed E-state index contributed by atoms with van der Waals surface area (Å²) in [6, 6.07) is 10.1. The van der Waals surface area contributed by atoms with E-state index in [2.05, 4.69) is 9.98 Å². The minimum atomic E-state index is -1.22. The van der Waals surface area contributed by atoms with Crippen LogP contribution in [0.15, 0.2) is 47.5 Å². The standard InChI is InChI=1S/C20H15ClFN3O2/c1-10-19-18(20(26)27)24-17(13-5-3-4-6-15(13)22)14-9-12(21)7-8-16(14)25(19)11(2)23-10/h3-9,18H,1-2H3,(H,26,27). The Morgan fingerprint density at radius 2 is 1.93 bits per heavy atom. The number of hydrogen-bond acceptors (Lipinski definition) is 3. The van der Waals surface area contributed by atoms with Crippen LogP contribution in [0.3, 0.4) is 0 Å². The van der Waals surface area contributed by atoms with Gasteiger partial charge in [0.1, 0.15) is 11.6 Å². The summed E-state index contributed by atoms with van der Waals surface area (Å²) in [5, 5.41) is 10.3. The molecule has 1 aliphatic rings. The average Bonchev–Trinajstić information content (AvgIpc) is 2.82. The lowest BCUT2D eigenvalue weighted by molar-refractivity contribution is -0.138. The topological polar surface area (TPSA) is 67.5 Å². The Balaban J connectivity index is 2.14. The number of carbonyl (C=O) groups is 1. The van der Waals surface area contributed by atoms with Crippen molar-refractivity contribution in [2.75, 3.05) is 0 Å². The molecule has 0 amide bonds. The van der Waals surface area contributed by atoms with Crippen molar-refractivity contribution in [3.05, 3.63) is 81.6 Å². The van der Waals surface area contributed by atoms with E-state index >= 15 is 0 Å². The first-order valence-electron chi connectivity index (χ1n) is 8.30. The van der Waals surface area contributed by atoms with E-state index < -0.39 is 17.8 Å². The first-order valence-corrected chi connectivity index (χ1v) is 8.68. The second-order valence-electron chi connectivity index (χ2n) is 6.32. The summed E-state index contributed by atoms with van der Waals surface area (Å²) in [7, 11) is 0. The Morgan fingerprint density at radius 3 is 2.63 bits per heavy atom. The van der Waals surface area contributed by atoms with Crippen molar-refractivity contribution in [3.63, 3.8) is 0 Å². The molecule has 0 radical (unpaired) electrons. The summed E-state index contributed by atoms with van der Waals surface area (Å²) in [6.45, 7) is 3.54. The van der Waals surface area contributed by atoms with Gasteiger partial charge < -0.3 is 5.11 Å². The molecular formula is C20H15ClFN3O2. The zero-order chi connectivity index (χ0) is 19.3. The van der Waals surface area contributed by atoms with Gasteiger partial charge in [0.25, 0.3) is 0 Å². The molecule has 0 aliphatic carbocycles. The number of carboxylic acid groups (broad SMARTS) is 1. The quantitative estimate of drug-likeness (QED) is 0.719. The Kier molecular flexibility index (Phi) is 4.08. The van der Waals surface area contributed by atoms with E-state index in [-0.39, 0.29) is 11.3 Å². The Morgan fingerprint density at radius 1 is 1.19 bits per heavy atom. The molecule has 1 unspecified atom stereocenters. The molecule has 7 heteroatoms. The van der Waals surface area contributed by atoms with E-state index in [0.717, 1.165) is 0 Å². The highest BCUT2D eigenvalue weighted by Gasteiger charge is 2.33. The maximum Gasteiger partial charge on any atom is 0.334 e. The first kappa shape index (κ1) is 17.4. The van der Waals surface area contributed by atoms with Gasteiger partial charge in [-0.1, -0.05) is 23.7 Å². The predicted octanol–water partition coefficient (Wildman–Crippen LogP) is 4.26. The molecule has 27 heavy (non-hydrogen) atoms. The molecule has 3 aromatic rings. The number of fused-ring (bicyclic) bond motifs is 3. The number of rotatable bonds is 2. The second kappa shape index (κ2) is 6.32. The van der Waals surface area contributed by atoms with Crippen LogP contribution in [0.25, 0.3) is 5.69 Å². The van der Waals surface area contributed by atoms with E-state index in [9.17, 15) is 14.3 Å². The molecule has 0 saturated carbocycles. The average molecular weight is 384 g/mol. The molecule has 2 heterocycles. The zero-order valence-electron chi connectivity index (χ0n) is 14.6. The zero-order valence-corrected chi connectivity index (χ0v) is 15.3. The van der Waals surface area contributed by atoms with Crippen LogP contribution < -0.4 is 0 Å². The summed E-state index contributed by atoms with van der Waals surface area (Å²) in [4.78, 5) is 20.9. The molecule has 4 rings (SSSR count). The van der Waals surface area contributed by atoms with E-state index in [4.69, 9.17) is 11.6 Å². The molecule has 1 aliphatic heterocycles. The van der Waals surface area contributed by atoms with Gasteiger partial charge in [-0.05, 0) is 44.2 Å². The van der Waals surface area contributed by atoms with Gasteiger partial charge >= 0.3 is 5.97 Å². The number of nitrogens with zero attached hydrogens (tertiary/aromatic N) is 3. The number of hydrogen-bond donors (Lipinski definition) is 1. The van der Waals surface area contributed by atoms with Gasteiger partial charge in [-0.15, -0.1) is 0 Å². The Hall–Kier alpha value is -2.99. The van der Waals surface area contributed by atoms with Crippen LogP contribution in [0.1, 0.15) is 34.4 Å². The monoisotopic (exact) mass is 383 g/mol. The van der Waals surface area contributed by atoms with Gasteiger partial charge in [0, 0.05) is 16.1 Å². The van der Waals surface area contributed by atoms with Crippen molar-refractivity contribution >= 4 is 23.3 Å². The summed E-state index contributed by atoms with van der Waals surface area (Å²) in [6.07, 6.45) is 0. The van der Waals surface area contributed by atoms with Gasteiger partial charge in [0.15, 0.2) is 6.04 Å². The SMILES string of the molecule is Cc1nc(C)n2c1C(C(=O)O)N=C(c1ccccc1F)c1cc(Cl)ccc1-2. The van der Waals surface area contributed by atoms with Gasteiger partial charge in [0.05, 0.1) is 22.8 Å². The van der Waals surface area contributed by atoms with Crippen molar-refractivity contribution < 1.29 is 14.3 Å². The number of aryl methyl sites for hydroxylation is 2. The largest absolute Gasteiger partial charge is 0.479 e. The van der Waals surface area contributed by atoms with Crippen molar-refractivity contribution in [3.8, 4) is 5.69 Å².